The van der Waals surface area contributed by atoms with Crippen LogP contribution in [0.2, 0.25) is 0 Å². The fourth-order valence-electron chi connectivity index (χ4n) is 2.00. The standard InChI is InChI=1S/C15H20BrN3O/c1-12-14(9-17-7-8-20-2)10-18-19(12)11-13-5-3-4-6-15(13)16/h3-6,10,17H,7-9,11H2,1-2H3. The molecule has 0 aliphatic rings. The average molecular weight is 338 g/mol. The van der Waals surface area contributed by atoms with Gasteiger partial charge in [0.15, 0.2) is 0 Å². The molecule has 2 aromatic rings. The molecule has 1 aromatic carbocycles. The van der Waals surface area contributed by atoms with E-state index in [-0.39, 0.29) is 0 Å². The summed E-state index contributed by atoms with van der Waals surface area (Å²) in [4.78, 5) is 0. The summed E-state index contributed by atoms with van der Waals surface area (Å²) in [7, 11) is 1.71. The highest BCUT2D eigenvalue weighted by Crippen LogP contribution is 2.18. The second kappa shape index (κ2) is 7.57. The molecule has 0 atom stereocenters. The Hall–Kier alpha value is -1.17. The molecule has 0 bridgehead atoms. The molecule has 0 spiro atoms. The average Bonchev–Trinajstić information content (AvgIpc) is 2.79. The second-order valence-electron chi connectivity index (χ2n) is 4.67. The van der Waals surface area contributed by atoms with Crippen molar-refractivity contribution in [3.8, 4) is 0 Å². The Bertz CT molecular complexity index is 554. The Balaban J connectivity index is 2.00. The molecule has 0 radical (unpaired) electrons. The van der Waals surface area contributed by atoms with Gasteiger partial charge in [-0.25, -0.2) is 0 Å². The Labute approximate surface area is 128 Å². The number of nitrogens with one attached hydrogen (secondary N) is 1. The topological polar surface area (TPSA) is 39.1 Å². The lowest BCUT2D eigenvalue weighted by atomic mass is 10.2. The van der Waals surface area contributed by atoms with Gasteiger partial charge in [0.25, 0.3) is 0 Å². The van der Waals surface area contributed by atoms with Gasteiger partial charge < -0.3 is 10.1 Å². The molecule has 0 aliphatic heterocycles. The van der Waals surface area contributed by atoms with Gasteiger partial charge in [-0.3, -0.25) is 4.68 Å². The van der Waals surface area contributed by atoms with Crippen molar-refractivity contribution in [1.29, 1.82) is 0 Å². The van der Waals surface area contributed by atoms with Gasteiger partial charge in [-0.2, -0.15) is 5.10 Å². The van der Waals surface area contributed by atoms with E-state index < -0.39 is 0 Å². The van der Waals surface area contributed by atoms with Crippen LogP contribution in [-0.4, -0.2) is 30.0 Å². The predicted molar refractivity (Wildman–Crippen MR) is 83.8 cm³/mol. The minimum atomic E-state index is 0.726. The normalized spacial score (nSPS) is 10.9. The first-order chi connectivity index (χ1) is 9.72. The first-order valence-electron chi connectivity index (χ1n) is 6.66. The van der Waals surface area contributed by atoms with E-state index in [9.17, 15) is 0 Å². The fraction of sp³-hybridized carbons (Fsp3) is 0.400. The second-order valence-corrected chi connectivity index (χ2v) is 5.53. The summed E-state index contributed by atoms with van der Waals surface area (Å²) in [5, 5.41) is 7.82. The van der Waals surface area contributed by atoms with Crippen molar-refractivity contribution < 1.29 is 4.74 Å². The van der Waals surface area contributed by atoms with Crippen LogP contribution in [0.25, 0.3) is 0 Å². The van der Waals surface area contributed by atoms with E-state index in [1.165, 1.54) is 16.8 Å². The van der Waals surface area contributed by atoms with Crippen LogP contribution in [-0.2, 0) is 17.8 Å². The van der Waals surface area contributed by atoms with Crippen LogP contribution < -0.4 is 5.32 Å². The third kappa shape index (κ3) is 3.91. The van der Waals surface area contributed by atoms with Gasteiger partial charge in [0.2, 0.25) is 0 Å². The van der Waals surface area contributed by atoms with Crippen molar-refractivity contribution in [3.05, 3.63) is 51.8 Å². The van der Waals surface area contributed by atoms with Crippen LogP contribution in [0, 0.1) is 6.92 Å². The van der Waals surface area contributed by atoms with Gasteiger partial charge in [-0.05, 0) is 18.6 Å². The van der Waals surface area contributed by atoms with Crippen LogP contribution in [0.3, 0.4) is 0 Å². The SMILES string of the molecule is COCCNCc1cnn(Cc2ccccc2Br)c1C. The van der Waals surface area contributed by atoms with E-state index >= 15 is 0 Å². The molecule has 0 aliphatic carbocycles. The lowest BCUT2D eigenvalue weighted by molar-refractivity contribution is 0.199. The third-order valence-corrected chi connectivity index (χ3v) is 4.05. The van der Waals surface area contributed by atoms with Crippen LogP contribution in [0.4, 0.5) is 0 Å². The number of rotatable bonds is 7. The number of aromatic nitrogens is 2. The van der Waals surface area contributed by atoms with Crippen LogP contribution in [0.15, 0.2) is 34.9 Å². The van der Waals surface area contributed by atoms with Crippen molar-refractivity contribution in [2.24, 2.45) is 0 Å². The van der Waals surface area contributed by atoms with Crippen LogP contribution >= 0.6 is 15.9 Å². The predicted octanol–water partition coefficient (Wildman–Crippen LogP) is 2.74. The molecule has 0 unspecified atom stereocenters. The van der Waals surface area contributed by atoms with E-state index in [0.717, 1.165) is 30.7 Å². The van der Waals surface area contributed by atoms with Crippen LogP contribution in [0.5, 0.6) is 0 Å². The zero-order chi connectivity index (χ0) is 14.4. The molecule has 108 valence electrons. The summed E-state index contributed by atoms with van der Waals surface area (Å²) in [5.74, 6) is 0. The lowest BCUT2D eigenvalue weighted by Gasteiger charge is -2.08. The number of methoxy groups -OCH3 is 1. The molecule has 1 aromatic heterocycles. The fourth-order valence-corrected chi connectivity index (χ4v) is 2.41. The molecule has 0 saturated heterocycles. The number of halogens is 1. The molecule has 0 fully saturated rings. The maximum atomic E-state index is 5.02. The van der Waals surface area contributed by atoms with Gasteiger partial charge in [0.05, 0.1) is 19.3 Å². The highest BCUT2D eigenvalue weighted by molar-refractivity contribution is 9.10. The molecular weight excluding hydrogens is 318 g/mol. The molecule has 0 saturated carbocycles. The summed E-state index contributed by atoms with van der Waals surface area (Å²) in [6.07, 6.45) is 1.94. The zero-order valence-corrected chi connectivity index (χ0v) is 13.5. The van der Waals surface area contributed by atoms with E-state index in [2.05, 4.69) is 45.4 Å². The Morgan fingerprint density at radius 2 is 2.10 bits per heavy atom. The maximum absolute atomic E-state index is 5.02. The lowest BCUT2D eigenvalue weighted by Crippen LogP contribution is -2.19. The first kappa shape index (κ1) is 15.2. The number of benzene rings is 1. The van der Waals surface area contributed by atoms with Gasteiger partial charge in [0, 0.05) is 35.9 Å². The number of ether oxygens (including phenoxy) is 1. The Kier molecular flexibility index (Phi) is 5.76. The van der Waals surface area contributed by atoms with Crippen molar-refractivity contribution >= 4 is 15.9 Å². The summed E-state index contributed by atoms with van der Waals surface area (Å²) < 4.78 is 8.17. The Morgan fingerprint density at radius 1 is 1.30 bits per heavy atom. The number of hydrogen-bond donors (Lipinski definition) is 1. The smallest absolute Gasteiger partial charge is 0.0673 e. The van der Waals surface area contributed by atoms with Gasteiger partial charge in [0.1, 0.15) is 0 Å². The van der Waals surface area contributed by atoms with Crippen molar-refractivity contribution in [1.82, 2.24) is 15.1 Å². The first-order valence-corrected chi connectivity index (χ1v) is 7.46. The summed E-state index contributed by atoms with van der Waals surface area (Å²) in [6.45, 7) is 5.29. The summed E-state index contributed by atoms with van der Waals surface area (Å²) >= 11 is 3.58. The third-order valence-electron chi connectivity index (χ3n) is 3.28. The van der Waals surface area contributed by atoms with E-state index in [1.807, 2.05) is 23.0 Å². The number of hydrogen-bond acceptors (Lipinski definition) is 3. The molecular formula is C15H20BrN3O. The quantitative estimate of drug-likeness (QED) is 0.789. The van der Waals surface area contributed by atoms with Crippen LogP contribution in [0.1, 0.15) is 16.8 Å². The molecule has 1 heterocycles. The van der Waals surface area contributed by atoms with E-state index in [4.69, 9.17) is 4.74 Å². The molecule has 5 heteroatoms. The number of nitrogens with zero attached hydrogens (tertiary/aromatic N) is 2. The molecule has 20 heavy (non-hydrogen) atoms. The minimum absolute atomic E-state index is 0.726. The maximum Gasteiger partial charge on any atom is 0.0673 e. The monoisotopic (exact) mass is 337 g/mol. The minimum Gasteiger partial charge on any atom is -0.383 e. The van der Waals surface area contributed by atoms with Gasteiger partial charge in [-0.15, -0.1) is 0 Å². The molecule has 0 amide bonds. The molecule has 2 rings (SSSR count). The Morgan fingerprint density at radius 3 is 2.85 bits per heavy atom. The molecule has 4 nitrogen and oxygen atoms in total. The van der Waals surface area contributed by atoms with E-state index in [1.54, 1.807) is 7.11 Å². The zero-order valence-electron chi connectivity index (χ0n) is 11.9. The van der Waals surface area contributed by atoms with Crippen molar-refractivity contribution in [3.63, 3.8) is 0 Å². The molecule has 1 N–H and O–H groups in total. The summed E-state index contributed by atoms with van der Waals surface area (Å²) in [6, 6.07) is 8.24. The summed E-state index contributed by atoms with van der Waals surface area (Å²) in [5.41, 5.74) is 3.66. The highest BCUT2D eigenvalue weighted by atomic mass is 79.9. The van der Waals surface area contributed by atoms with E-state index in [0.29, 0.717) is 0 Å². The van der Waals surface area contributed by atoms with Crippen molar-refractivity contribution in [2.45, 2.75) is 20.0 Å². The van der Waals surface area contributed by atoms with Crippen molar-refractivity contribution in [2.75, 3.05) is 20.3 Å². The highest BCUT2D eigenvalue weighted by Gasteiger charge is 2.07. The largest absolute Gasteiger partial charge is 0.383 e. The van der Waals surface area contributed by atoms with Gasteiger partial charge in [-0.1, -0.05) is 34.1 Å². The van der Waals surface area contributed by atoms with Gasteiger partial charge >= 0.3 is 0 Å².